The van der Waals surface area contributed by atoms with Gasteiger partial charge in [0.1, 0.15) is 10.7 Å². The van der Waals surface area contributed by atoms with Crippen molar-refractivity contribution >= 4 is 28.0 Å². The number of aryl methyl sites for hydroxylation is 1. The van der Waals surface area contributed by atoms with Gasteiger partial charge in [0.05, 0.1) is 5.69 Å². The van der Waals surface area contributed by atoms with Gasteiger partial charge < -0.3 is 9.30 Å². The molecule has 0 aliphatic carbocycles. The van der Waals surface area contributed by atoms with Gasteiger partial charge in [0.25, 0.3) is 5.91 Å². The van der Waals surface area contributed by atoms with Crippen molar-refractivity contribution in [1.29, 1.82) is 0 Å². The van der Waals surface area contributed by atoms with Crippen molar-refractivity contribution in [2.24, 2.45) is 0 Å². The van der Waals surface area contributed by atoms with Crippen molar-refractivity contribution in [2.45, 2.75) is 19.9 Å². The molecule has 120 valence electrons. The molecule has 1 N–H and O–H groups in total. The molecule has 0 aliphatic heterocycles. The van der Waals surface area contributed by atoms with Crippen molar-refractivity contribution in [2.75, 3.05) is 19.4 Å². The van der Waals surface area contributed by atoms with Gasteiger partial charge in [-0.3, -0.25) is 10.1 Å². The maximum absolute atomic E-state index is 12.6. The molecule has 3 rings (SSSR count). The summed E-state index contributed by atoms with van der Waals surface area (Å²) in [6.07, 6.45) is 2.71. The van der Waals surface area contributed by atoms with E-state index in [1.165, 1.54) is 11.3 Å². The first-order valence-corrected chi connectivity index (χ1v) is 8.14. The van der Waals surface area contributed by atoms with Crippen molar-refractivity contribution in [3.63, 3.8) is 0 Å². The van der Waals surface area contributed by atoms with Crippen molar-refractivity contribution in [1.82, 2.24) is 24.5 Å². The molecule has 0 spiro atoms. The smallest absolute Gasteiger partial charge is 0.278 e. The molecule has 3 heterocycles. The molecule has 23 heavy (non-hydrogen) atoms. The number of carbonyl (C=O) groups excluding carboxylic acids is 1. The molecule has 3 aromatic heterocycles. The van der Waals surface area contributed by atoms with Gasteiger partial charge in [-0.25, -0.2) is 4.98 Å². The van der Waals surface area contributed by atoms with E-state index in [1.54, 1.807) is 0 Å². The van der Waals surface area contributed by atoms with Crippen LogP contribution in [0.25, 0.3) is 5.65 Å². The van der Waals surface area contributed by atoms with E-state index in [4.69, 9.17) is 0 Å². The second-order valence-electron chi connectivity index (χ2n) is 5.38. The average Bonchev–Trinajstić information content (AvgIpc) is 3.12. The molecule has 0 saturated heterocycles. The number of hydrogen-bond acceptors (Lipinski definition) is 6. The Hall–Kier alpha value is -2.32. The Morgan fingerprint density at radius 1 is 1.35 bits per heavy atom. The van der Waals surface area contributed by atoms with E-state index in [-0.39, 0.29) is 5.91 Å². The van der Waals surface area contributed by atoms with Crippen LogP contribution < -0.4 is 5.32 Å². The molecular weight excluding hydrogens is 312 g/mol. The molecule has 0 radical (unpaired) electrons. The highest BCUT2D eigenvalue weighted by molar-refractivity contribution is 7.15. The summed E-state index contributed by atoms with van der Waals surface area (Å²) in [6, 6.07) is 5.71. The lowest BCUT2D eigenvalue weighted by molar-refractivity contribution is 0.102. The zero-order chi connectivity index (χ0) is 16.4. The van der Waals surface area contributed by atoms with Crippen molar-refractivity contribution in [3.05, 3.63) is 40.8 Å². The molecule has 0 atom stereocenters. The maximum Gasteiger partial charge on any atom is 0.278 e. The number of nitrogens with zero attached hydrogens (tertiary/aromatic N) is 5. The fourth-order valence-corrected chi connectivity index (χ4v) is 2.96. The van der Waals surface area contributed by atoms with E-state index in [2.05, 4.69) is 20.5 Å². The molecule has 0 fully saturated rings. The van der Waals surface area contributed by atoms with Gasteiger partial charge in [-0.2, -0.15) is 0 Å². The summed E-state index contributed by atoms with van der Waals surface area (Å²) in [5, 5.41) is 12.2. The number of hydrogen-bond donors (Lipinski definition) is 1. The van der Waals surface area contributed by atoms with Crippen LogP contribution >= 0.6 is 11.3 Å². The van der Waals surface area contributed by atoms with E-state index in [1.807, 2.05) is 54.7 Å². The Bertz CT molecular complexity index is 837. The van der Waals surface area contributed by atoms with Crippen LogP contribution in [0.1, 0.15) is 28.1 Å². The minimum Gasteiger partial charge on any atom is -0.304 e. The van der Waals surface area contributed by atoms with Crippen LogP contribution in [0.15, 0.2) is 24.4 Å². The number of fused-ring (bicyclic) bond motifs is 1. The third-order valence-corrected chi connectivity index (χ3v) is 4.28. The lowest BCUT2D eigenvalue weighted by Gasteiger charge is -2.10. The Labute approximate surface area is 138 Å². The largest absolute Gasteiger partial charge is 0.304 e. The fraction of sp³-hybridized carbons (Fsp3) is 0.333. The number of pyridine rings is 1. The number of nitrogens with one attached hydrogen (secondary N) is 1. The summed E-state index contributed by atoms with van der Waals surface area (Å²) >= 11 is 1.38. The first kappa shape index (κ1) is 15.6. The summed E-state index contributed by atoms with van der Waals surface area (Å²) in [5.41, 5.74) is 2.02. The molecule has 0 aromatic carbocycles. The molecule has 0 unspecified atom stereocenters. The minimum absolute atomic E-state index is 0.260. The summed E-state index contributed by atoms with van der Waals surface area (Å²) in [6.45, 7) is 2.62. The third kappa shape index (κ3) is 3.22. The van der Waals surface area contributed by atoms with Crippen molar-refractivity contribution < 1.29 is 4.79 Å². The summed E-state index contributed by atoms with van der Waals surface area (Å²) in [4.78, 5) is 19.1. The minimum atomic E-state index is -0.260. The number of carbonyl (C=O) groups is 1. The van der Waals surface area contributed by atoms with Gasteiger partial charge in [-0.15, -0.1) is 10.2 Å². The predicted octanol–water partition coefficient (Wildman–Crippen LogP) is 2.06. The van der Waals surface area contributed by atoms with Crippen LogP contribution in [0, 0.1) is 0 Å². The highest BCUT2D eigenvalue weighted by Gasteiger charge is 2.20. The normalized spacial score (nSPS) is 11.3. The Morgan fingerprint density at radius 3 is 2.87 bits per heavy atom. The topological polar surface area (TPSA) is 75.4 Å². The van der Waals surface area contributed by atoms with Crippen LogP contribution in [0.3, 0.4) is 0 Å². The maximum atomic E-state index is 12.6. The van der Waals surface area contributed by atoms with Gasteiger partial charge in [-0.1, -0.05) is 24.3 Å². The van der Waals surface area contributed by atoms with E-state index in [0.29, 0.717) is 17.4 Å². The van der Waals surface area contributed by atoms with Gasteiger partial charge in [0.15, 0.2) is 5.69 Å². The van der Waals surface area contributed by atoms with E-state index >= 15 is 0 Å². The van der Waals surface area contributed by atoms with Crippen LogP contribution in [0.2, 0.25) is 0 Å². The highest BCUT2D eigenvalue weighted by atomic mass is 32.1. The monoisotopic (exact) mass is 330 g/mol. The molecule has 0 saturated carbocycles. The molecular formula is C15H18N6OS. The molecule has 0 aliphatic rings. The second-order valence-corrected chi connectivity index (χ2v) is 6.44. The van der Waals surface area contributed by atoms with E-state index in [9.17, 15) is 4.79 Å². The number of amides is 1. The summed E-state index contributed by atoms with van der Waals surface area (Å²) in [5.74, 6) is -0.260. The quantitative estimate of drug-likeness (QED) is 0.775. The van der Waals surface area contributed by atoms with Gasteiger partial charge in [0, 0.05) is 12.7 Å². The molecule has 3 aromatic rings. The van der Waals surface area contributed by atoms with E-state index < -0.39 is 0 Å². The first-order valence-electron chi connectivity index (χ1n) is 7.33. The summed E-state index contributed by atoms with van der Waals surface area (Å²) in [7, 11) is 3.92. The number of rotatable bonds is 5. The van der Waals surface area contributed by atoms with Crippen LogP contribution in [-0.2, 0) is 13.0 Å². The number of imidazole rings is 1. The first-order chi connectivity index (χ1) is 11.1. The molecule has 0 bridgehead atoms. The van der Waals surface area contributed by atoms with Gasteiger partial charge in [-0.05, 0) is 32.6 Å². The molecule has 1 amide bonds. The summed E-state index contributed by atoms with van der Waals surface area (Å²) < 4.78 is 1.94. The van der Waals surface area contributed by atoms with Gasteiger partial charge in [0.2, 0.25) is 5.13 Å². The number of anilines is 1. The lowest BCUT2D eigenvalue weighted by atomic mass is 10.3. The van der Waals surface area contributed by atoms with Crippen molar-refractivity contribution in [3.8, 4) is 0 Å². The zero-order valence-electron chi connectivity index (χ0n) is 13.3. The second kappa shape index (κ2) is 6.43. The Kier molecular flexibility index (Phi) is 4.35. The predicted molar refractivity (Wildman–Crippen MR) is 89.8 cm³/mol. The number of aromatic nitrogens is 4. The van der Waals surface area contributed by atoms with Gasteiger partial charge >= 0.3 is 0 Å². The van der Waals surface area contributed by atoms with Crippen LogP contribution in [-0.4, -0.2) is 44.5 Å². The van der Waals surface area contributed by atoms with Crippen LogP contribution in [0.4, 0.5) is 5.13 Å². The molecule has 7 nitrogen and oxygen atoms in total. The Morgan fingerprint density at radius 2 is 2.17 bits per heavy atom. The SMILES string of the molecule is CCc1nnc(NC(=O)c2nc3ccccn3c2CN(C)C)s1. The standard InChI is InChI=1S/C15H18N6OS/c1-4-12-18-19-15(23-12)17-14(22)13-10(9-20(2)3)21-8-6-5-7-11(21)16-13/h5-8H,4,9H2,1-3H3,(H,17,19,22). The molecule has 8 heteroatoms. The lowest BCUT2D eigenvalue weighted by Crippen LogP contribution is -2.19. The van der Waals surface area contributed by atoms with E-state index in [0.717, 1.165) is 22.8 Å². The highest BCUT2D eigenvalue weighted by Crippen LogP contribution is 2.19. The third-order valence-electron chi connectivity index (χ3n) is 3.30. The fourth-order valence-electron chi connectivity index (χ4n) is 2.28. The van der Waals surface area contributed by atoms with Crippen LogP contribution in [0.5, 0.6) is 0 Å². The Balaban J connectivity index is 1.95. The average molecular weight is 330 g/mol. The zero-order valence-corrected chi connectivity index (χ0v) is 14.1.